The van der Waals surface area contributed by atoms with E-state index in [1.165, 1.54) is 17.0 Å². The van der Waals surface area contributed by atoms with E-state index in [1.807, 2.05) is 27.7 Å². The second kappa shape index (κ2) is 13.0. The normalized spacial score (nSPS) is 12.5. The minimum absolute atomic E-state index is 0.0579. The van der Waals surface area contributed by atoms with Gasteiger partial charge in [0, 0.05) is 21.6 Å². The lowest BCUT2D eigenvalue weighted by Crippen LogP contribution is -2.55. The van der Waals surface area contributed by atoms with Crippen molar-refractivity contribution in [2.24, 2.45) is 0 Å². The van der Waals surface area contributed by atoms with Gasteiger partial charge in [-0.2, -0.15) is 0 Å². The number of amides is 2. The third-order valence-electron chi connectivity index (χ3n) is 5.87. The molecule has 39 heavy (non-hydrogen) atoms. The third kappa shape index (κ3) is 8.30. The molecule has 10 heteroatoms. The van der Waals surface area contributed by atoms with Crippen LogP contribution < -0.4 is 9.62 Å². The van der Waals surface area contributed by atoms with Crippen molar-refractivity contribution >= 4 is 55.1 Å². The van der Waals surface area contributed by atoms with E-state index in [2.05, 4.69) is 21.2 Å². The standard InChI is InChI=1S/C29H33BrClN3O4S/c1-5-26(28(36)32-29(2,3)4)33(19-21-11-15-23(31)16-12-21)27(35)20-34(24-17-13-22(30)14-18-24)39(37,38)25-9-7-6-8-10-25/h6-18,26H,5,19-20H2,1-4H3,(H,32,36)/t26-/m1/s1. The lowest BCUT2D eigenvalue weighted by Gasteiger charge is -2.34. The molecule has 0 bridgehead atoms. The first-order valence-corrected chi connectivity index (χ1v) is 15.1. The van der Waals surface area contributed by atoms with Gasteiger partial charge in [0.15, 0.2) is 0 Å². The topological polar surface area (TPSA) is 86.8 Å². The molecule has 0 saturated heterocycles. The molecule has 3 rings (SSSR count). The summed E-state index contributed by atoms with van der Waals surface area (Å²) in [7, 11) is -4.10. The maximum Gasteiger partial charge on any atom is 0.264 e. The molecule has 0 aliphatic carbocycles. The Morgan fingerprint density at radius 3 is 2.08 bits per heavy atom. The van der Waals surface area contributed by atoms with Gasteiger partial charge in [0.1, 0.15) is 12.6 Å². The Morgan fingerprint density at radius 2 is 1.54 bits per heavy atom. The van der Waals surface area contributed by atoms with Crippen LogP contribution in [0.5, 0.6) is 0 Å². The zero-order valence-electron chi connectivity index (χ0n) is 22.4. The van der Waals surface area contributed by atoms with Crippen LogP contribution in [-0.4, -0.2) is 43.3 Å². The molecule has 1 atom stereocenters. The van der Waals surface area contributed by atoms with Gasteiger partial charge in [-0.1, -0.05) is 64.8 Å². The number of hydrogen-bond acceptors (Lipinski definition) is 4. The predicted molar refractivity (Wildman–Crippen MR) is 159 cm³/mol. The average Bonchev–Trinajstić information content (AvgIpc) is 2.88. The highest BCUT2D eigenvalue weighted by Crippen LogP contribution is 2.26. The van der Waals surface area contributed by atoms with Crippen molar-refractivity contribution in [3.8, 4) is 0 Å². The minimum Gasteiger partial charge on any atom is -0.350 e. The maximum absolute atomic E-state index is 14.0. The highest BCUT2D eigenvalue weighted by atomic mass is 79.9. The number of sulfonamides is 1. The molecule has 0 aliphatic rings. The zero-order valence-corrected chi connectivity index (χ0v) is 25.6. The fourth-order valence-electron chi connectivity index (χ4n) is 4.01. The van der Waals surface area contributed by atoms with Crippen molar-refractivity contribution in [3.05, 3.63) is 93.9 Å². The van der Waals surface area contributed by atoms with E-state index in [4.69, 9.17) is 11.6 Å². The fraction of sp³-hybridized carbons (Fsp3) is 0.310. The van der Waals surface area contributed by atoms with Crippen LogP contribution in [0.15, 0.2) is 88.2 Å². The van der Waals surface area contributed by atoms with Crippen molar-refractivity contribution in [2.75, 3.05) is 10.8 Å². The Bertz CT molecular complexity index is 1380. The summed E-state index contributed by atoms with van der Waals surface area (Å²) in [5.41, 5.74) is 0.574. The van der Waals surface area contributed by atoms with Crippen molar-refractivity contribution in [1.29, 1.82) is 0 Å². The highest BCUT2D eigenvalue weighted by molar-refractivity contribution is 9.10. The minimum atomic E-state index is -4.10. The number of benzene rings is 3. The summed E-state index contributed by atoms with van der Waals surface area (Å²) in [6.45, 7) is 7.03. The Hall–Kier alpha value is -2.88. The number of carbonyl (C=O) groups is 2. The van der Waals surface area contributed by atoms with Gasteiger partial charge < -0.3 is 10.2 Å². The zero-order chi connectivity index (χ0) is 28.8. The van der Waals surface area contributed by atoms with E-state index < -0.39 is 34.1 Å². The van der Waals surface area contributed by atoms with Crippen molar-refractivity contribution in [3.63, 3.8) is 0 Å². The average molecular weight is 635 g/mol. The van der Waals surface area contributed by atoms with E-state index >= 15 is 0 Å². The summed E-state index contributed by atoms with van der Waals surface area (Å²) < 4.78 is 29.4. The fourth-order valence-corrected chi connectivity index (χ4v) is 5.84. The van der Waals surface area contributed by atoms with Crippen LogP contribution in [0.4, 0.5) is 5.69 Å². The number of anilines is 1. The second-order valence-corrected chi connectivity index (χ2v) is 13.3. The first kappa shape index (κ1) is 30.7. The summed E-state index contributed by atoms with van der Waals surface area (Å²) in [5.74, 6) is -0.822. The molecular formula is C29H33BrClN3O4S. The molecule has 1 N–H and O–H groups in total. The number of hydrogen-bond donors (Lipinski definition) is 1. The van der Waals surface area contributed by atoms with Crippen LogP contribution in [0.3, 0.4) is 0 Å². The number of carbonyl (C=O) groups excluding carboxylic acids is 2. The van der Waals surface area contributed by atoms with Crippen LogP contribution in [0.25, 0.3) is 0 Å². The van der Waals surface area contributed by atoms with Crippen LogP contribution in [0.1, 0.15) is 39.7 Å². The number of halogens is 2. The van der Waals surface area contributed by atoms with Crippen molar-refractivity contribution in [2.45, 2.75) is 57.1 Å². The molecule has 0 saturated carbocycles. The summed E-state index contributed by atoms with van der Waals surface area (Å²) in [6.07, 6.45) is 0.338. The number of nitrogens with one attached hydrogen (secondary N) is 1. The largest absolute Gasteiger partial charge is 0.350 e. The Kier molecular flexibility index (Phi) is 10.2. The van der Waals surface area contributed by atoms with Gasteiger partial charge in [0.05, 0.1) is 10.6 Å². The lowest BCUT2D eigenvalue weighted by atomic mass is 10.1. The molecule has 7 nitrogen and oxygen atoms in total. The SMILES string of the molecule is CC[C@H](C(=O)NC(C)(C)C)N(Cc1ccc(Cl)cc1)C(=O)CN(c1ccc(Br)cc1)S(=O)(=O)c1ccccc1. The van der Waals surface area contributed by atoms with Crippen LogP contribution in [-0.2, 0) is 26.2 Å². The van der Waals surface area contributed by atoms with Gasteiger partial charge >= 0.3 is 0 Å². The van der Waals surface area contributed by atoms with Gasteiger partial charge in [-0.25, -0.2) is 8.42 Å². The quantitative estimate of drug-likeness (QED) is 0.296. The van der Waals surface area contributed by atoms with Gasteiger partial charge in [-0.05, 0) is 81.3 Å². The number of nitrogens with zero attached hydrogens (tertiary/aromatic N) is 2. The first-order valence-electron chi connectivity index (χ1n) is 12.5. The molecule has 0 aliphatic heterocycles. The molecule has 208 valence electrons. The third-order valence-corrected chi connectivity index (χ3v) is 8.44. The second-order valence-electron chi connectivity index (χ2n) is 10.1. The van der Waals surface area contributed by atoms with E-state index in [-0.39, 0.29) is 17.3 Å². The maximum atomic E-state index is 14.0. The summed E-state index contributed by atoms with van der Waals surface area (Å²) in [6, 6.07) is 20.8. The molecule has 0 unspecified atom stereocenters. The van der Waals surface area contributed by atoms with Crippen molar-refractivity contribution < 1.29 is 18.0 Å². The number of rotatable bonds is 10. The molecule has 0 spiro atoms. The molecule has 3 aromatic carbocycles. The molecular weight excluding hydrogens is 602 g/mol. The summed E-state index contributed by atoms with van der Waals surface area (Å²) in [5, 5.41) is 3.50. The molecule has 0 heterocycles. The molecule has 0 aromatic heterocycles. The molecule has 0 fully saturated rings. The Labute approximate surface area is 244 Å². The van der Waals surface area contributed by atoms with Gasteiger partial charge in [0.25, 0.3) is 10.0 Å². The summed E-state index contributed by atoms with van der Waals surface area (Å²) in [4.78, 5) is 28.8. The first-order chi connectivity index (χ1) is 18.3. The molecule has 2 amide bonds. The molecule has 3 aromatic rings. The predicted octanol–water partition coefficient (Wildman–Crippen LogP) is 6.02. The van der Waals surface area contributed by atoms with Gasteiger partial charge in [-0.3, -0.25) is 13.9 Å². The highest BCUT2D eigenvalue weighted by Gasteiger charge is 2.34. The van der Waals surface area contributed by atoms with Gasteiger partial charge in [-0.15, -0.1) is 0 Å². The van der Waals surface area contributed by atoms with E-state index in [9.17, 15) is 18.0 Å². The molecule has 0 radical (unpaired) electrons. The van der Waals surface area contributed by atoms with Crippen LogP contribution >= 0.6 is 27.5 Å². The summed E-state index contributed by atoms with van der Waals surface area (Å²) >= 11 is 9.44. The van der Waals surface area contributed by atoms with E-state index in [1.54, 1.807) is 66.7 Å². The Morgan fingerprint density at radius 1 is 0.949 bits per heavy atom. The Balaban J connectivity index is 2.05. The van der Waals surface area contributed by atoms with Gasteiger partial charge in [0.2, 0.25) is 11.8 Å². The van der Waals surface area contributed by atoms with Crippen LogP contribution in [0, 0.1) is 0 Å². The lowest BCUT2D eigenvalue weighted by molar-refractivity contribution is -0.141. The van der Waals surface area contributed by atoms with E-state index in [0.717, 1.165) is 14.3 Å². The van der Waals surface area contributed by atoms with E-state index in [0.29, 0.717) is 17.1 Å². The smallest absolute Gasteiger partial charge is 0.264 e. The van der Waals surface area contributed by atoms with Crippen molar-refractivity contribution in [1.82, 2.24) is 10.2 Å². The van der Waals surface area contributed by atoms with Crippen LogP contribution in [0.2, 0.25) is 5.02 Å². The monoisotopic (exact) mass is 633 g/mol.